The summed E-state index contributed by atoms with van der Waals surface area (Å²) in [5.41, 5.74) is 2.37. The number of likely N-dealkylation sites (tertiary alicyclic amines) is 1. The van der Waals surface area contributed by atoms with Crippen molar-refractivity contribution in [3.05, 3.63) is 41.4 Å². The number of ether oxygens (including phenoxy) is 1. The zero-order valence-electron chi connectivity index (χ0n) is 11.9. The fourth-order valence-electron chi connectivity index (χ4n) is 3.12. The van der Waals surface area contributed by atoms with Crippen LogP contribution in [0.2, 0.25) is 0 Å². The summed E-state index contributed by atoms with van der Waals surface area (Å²) >= 11 is 1.73. The summed E-state index contributed by atoms with van der Waals surface area (Å²) in [6, 6.07) is 10.9. The molecule has 21 heavy (non-hydrogen) atoms. The molecule has 4 rings (SSSR count). The highest BCUT2D eigenvalue weighted by atomic mass is 32.1. The van der Waals surface area contributed by atoms with E-state index in [1.54, 1.807) is 11.3 Å². The first-order valence-electron chi connectivity index (χ1n) is 7.46. The van der Waals surface area contributed by atoms with Gasteiger partial charge < -0.3 is 10.1 Å². The van der Waals surface area contributed by atoms with Gasteiger partial charge in [0.15, 0.2) is 0 Å². The van der Waals surface area contributed by atoms with Crippen LogP contribution in [0.3, 0.4) is 0 Å². The van der Waals surface area contributed by atoms with E-state index in [0.717, 1.165) is 43.5 Å². The molecule has 2 aliphatic rings. The average molecular weight is 301 g/mol. The second-order valence-corrected chi connectivity index (χ2v) is 6.53. The van der Waals surface area contributed by atoms with Crippen molar-refractivity contribution in [2.45, 2.75) is 18.7 Å². The van der Waals surface area contributed by atoms with Crippen molar-refractivity contribution in [3.8, 4) is 10.6 Å². The third kappa shape index (κ3) is 2.87. The number of aromatic nitrogens is 1. The molecule has 4 nitrogen and oxygen atoms in total. The van der Waals surface area contributed by atoms with Gasteiger partial charge in [-0.1, -0.05) is 30.3 Å². The Hall–Kier alpha value is -1.27. The highest BCUT2D eigenvalue weighted by Gasteiger charge is 2.35. The van der Waals surface area contributed by atoms with Crippen molar-refractivity contribution < 1.29 is 4.74 Å². The van der Waals surface area contributed by atoms with Crippen LogP contribution in [-0.2, 0) is 11.3 Å². The zero-order valence-corrected chi connectivity index (χ0v) is 12.7. The Kier molecular flexibility index (Phi) is 3.73. The molecule has 3 heterocycles. The molecule has 5 heteroatoms. The van der Waals surface area contributed by atoms with E-state index in [4.69, 9.17) is 9.72 Å². The number of thiazole rings is 1. The molecule has 0 radical (unpaired) electrons. The monoisotopic (exact) mass is 301 g/mol. The minimum absolute atomic E-state index is 0.353. The van der Waals surface area contributed by atoms with Crippen LogP contribution in [0.5, 0.6) is 0 Å². The number of nitrogens with zero attached hydrogens (tertiary/aromatic N) is 2. The molecule has 1 aromatic heterocycles. The summed E-state index contributed by atoms with van der Waals surface area (Å²) in [4.78, 5) is 7.22. The van der Waals surface area contributed by atoms with E-state index in [1.807, 2.05) is 6.07 Å². The van der Waals surface area contributed by atoms with Gasteiger partial charge >= 0.3 is 0 Å². The SMILES string of the molecule is c1ccc(-c2nc(CN3CC4NCCOC4C3)cs2)cc1. The number of fused-ring (bicyclic) bond motifs is 1. The summed E-state index contributed by atoms with van der Waals surface area (Å²) in [5.74, 6) is 0. The Morgan fingerprint density at radius 1 is 1.29 bits per heavy atom. The molecule has 0 spiro atoms. The quantitative estimate of drug-likeness (QED) is 0.941. The average Bonchev–Trinajstić information content (AvgIpc) is 3.14. The van der Waals surface area contributed by atoms with Crippen LogP contribution < -0.4 is 5.32 Å². The molecule has 0 aliphatic carbocycles. The first-order valence-corrected chi connectivity index (χ1v) is 8.33. The topological polar surface area (TPSA) is 37.4 Å². The van der Waals surface area contributed by atoms with E-state index in [-0.39, 0.29) is 0 Å². The maximum Gasteiger partial charge on any atom is 0.123 e. The van der Waals surface area contributed by atoms with E-state index >= 15 is 0 Å². The molecule has 0 amide bonds. The first-order chi connectivity index (χ1) is 10.4. The van der Waals surface area contributed by atoms with Crippen molar-refractivity contribution in [2.24, 2.45) is 0 Å². The van der Waals surface area contributed by atoms with E-state index in [1.165, 1.54) is 5.56 Å². The van der Waals surface area contributed by atoms with Gasteiger partial charge in [-0.15, -0.1) is 11.3 Å². The van der Waals surface area contributed by atoms with Crippen molar-refractivity contribution in [2.75, 3.05) is 26.2 Å². The lowest BCUT2D eigenvalue weighted by Crippen LogP contribution is -2.47. The summed E-state index contributed by atoms with van der Waals surface area (Å²) in [7, 11) is 0. The normalized spacial score (nSPS) is 25.9. The highest BCUT2D eigenvalue weighted by molar-refractivity contribution is 7.13. The van der Waals surface area contributed by atoms with E-state index in [2.05, 4.69) is 39.9 Å². The molecule has 0 bridgehead atoms. The lowest BCUT2D eigenvalue weighted by molar-refractivity contribution is 0.0175. The number of nitrogens with one attached hydrogen (secondary N) is 1. The van der Waals surface area contributed by atoms with Gasteiger partial charge in [-0.05, 0) is 0 Å². The Morgan fingerprint density at radius 3 is 3.05 bits per heavy atom. The molecule has 1 N–H and O–H groups in total. The van der Waals surface area contributed by atoms with Crippen molar-refractivity contribution >= 4 is 11.3 Å². The standard InChI is InChI=1S/C16H19N3OS/c1-2-4-12(5-3-1)16-18-13(11-21-16)8-19-9-14-15(10-19)20-7-6-17-14/h1-5,11,14-15,17H,6-10H2. The fourth-order valence-corrected chi connectivity index (χ4v) is 3.94. The molecule has 2 fully saturated rings. The van der Waals surface area contributed by atoms with Gasteiger partial charge in [0, 0.05) is 43.2 Å². The Labute approximate surface area is 128 Å². The third-order valence-corrected chi connectivity index (χ3v) is 5.08. The van der Waals surface area contributed by atoms with Gasteiger partial charge in [-0.3, -0.25) is 4.90 Å². The molecule has 2 atom stereocenters. The minimum Gasteiger partial charge on any atom is -0.374 e. The largest absolute Gasteiger partial charge is 0.374 e. The van der Waals surface area contributed by atoms with E-state index in [9.17, 15) is 0 Å². The van der Waals surface area contributed by atoms with E-state index in [0.29, 0.717) is 12.1 Å². The third-order valence-electron chi connectivity index (χ3n) is 4.14. The van der Waals surface area contributed by atoms with Crippen molar-refractivity contribution in [1.82, 2.24) is 15.2 Å². The lowest BCUT2D eigenvalue weighted by Gasteiger charge is -2.25. The molecular weight excluding hydrogens is 282 g/mol. The van der Waals surface area contributed by atoms with Crippen LogP contribution in [0.25, 0.3) is 10.6 Å². The minimum atomic E-state index is 0.353. The summed E-state index contributed by atoms with van der Waals surface area (Å²) < 4.78 is 5.82. The van der Waals surface area contributed by atoms with Gasteiger partial charge in [0.2, 0.25) is 0 Å². The van der Waals surface area contributed by atoms with Crippen LogP contribution >= 0.6 is 11.3 Å². The molecule has 2 aliphatic heterocycles. The number of hydrogen-bond acceptors (Lipinski definition) is 5. The Balaban J connectivity index is 1.43. The van der Waals surface area contributed by atoms with Crippen LogP contribution in [0, 0.1) is 0 Å². The molecule has 110 valence electrons. The molecular formula is C16H19N3OS. The first kappa shape index (κ1) is 13.4. The molecule has 2 saturated heterocycles. The number of morpholine rings is 1. The van der Waals surface area contributed by atoms with Crippen molar-refractivity contribution in [3.63, 3.8) is 0 Å². The molecule has 0 saturated carbocycles. The van der Waals surface area contributed by atoms with Crippen LogP contribution in [0.15, 0.2) is 35.7 Å². The Bertz CT molecular complexity index is 587. The van der Waals surface area contributed by atoms with E-state index < -0.39 is 0 Å². The van der Waals surface area contributed by atoms with Crippen LogP contribution in [-0.4, -0.2) is 48.3 Å². The summed E-state index contributed by atoms with van der Waals surface area (Å²) in [5, 5.41) is 6.83. The molecule has 2 aromatic rings. The Morgan fingerprint density at radius 2 is 2.19 bits per heavy atom. The van der Waals surface area contributed by atoms with Crippen LogP contribution in [0.1, 0.15) is 5.69 Å². The van der Waals surface area contributed by atoms with Gasteiger partial charge in [0.05, 0.1) is 18.4 Å². The lowest BCUT2D eigenvalue weighted by atomic mass is 10.2. The molecule has 1 aromatic carbocycles. The molecule has 2 unspecified atom stereocenters. The van der Waals surface area contributed by atoms with Gasteiger partial charge in [-0.25, -0.2) is 4.98 Å². The predicted molar refractivity (Wildman–Crippen MR) is 84.4 cm³/mol. The zero-order chi connectivity index (χ0) is 14.1. The van der Waals surface area contributed by atoms with Gasteiger partial charge in [-0.2, -0.15) is 0 Å². The highest BCUT2D eigenvalue weighted by Crippen LogP contribution is 2.25. The fraction of sp³-hybridized carbons (Fsp3) is 0.438. The number of benzene rings is 1. The van der Waals surface area contributed by atoms with Crippen molar-refractivity contribution in [1.29, 1.82) is 0 Å². The maximum absolute atomic E-state index is 5.82. The van der Waals surface area contributed by atoms with Crippen LogP contribution in [0.4, 0.5) is 0 Å². The van der Waals surface area contributed by atoms with Gasteiger partial charge in [0.1, 0.15) is 5.01 Å². The summed E-state index contributed by atoms with van der Waals surface area (Å²) in [6.07, 6.45) is 0.353. The second kappa shape index (κ2) is 5.85. The second-order valence-electron chi connectivity index (χ2n) is 5.67. The smallest absolute Gasteiger partial charge is 0.123 e. The summed E-state index contributed by atoms with van der Waals surface area (Å²) in [6.45, 7) is 4.80. The number of hydrogen-bond donors (Lipinski definition) is 1. The van der Waals surface area contributed by atoms with Gasteiger partial charge in [0.25, 0.3) is 0 Å². The maximum atomic E-state index is 5.82. The predicted octanol–water partition coefficient (Wildman–Crippen LogP) is 1.98. The number of rotatable bonds is 3.